The van der Waals surface area contributed by atoms with Gasteiger partial charge in [-0.25, -0.2) is 34.6 Å². The van der Waals surface area contributed by atoms with Crippen molar-refractivity contribution in [3.05, 3.63) is 34.8 Å². The monoisotopic (exact) mass is 703 g/mol. The molecular weight excluding hydrogens is 676 g/mol. The molecule has 2 bridgehead atoms. The highest BCUT2D eigenvalue weighted by Crippen LogP contribution is 2.55. The van der Waals surface area contributed by atoms with Gasteiger partial charge in [0.05, 0.1) is 25.7 Å². The highest BCUT2D eigenvalue weighted by molar-refractivity contribution is 7.48. The second-order valence-corrected chi connectivity index (χ2v) is 13.4. The Balaban J connectivity index is 1.22. The molecule has 7 heterocycles. The van der Waals surface area contributed by atoms with Gasteiger partial charge in [0.15, 0.2) is 23.0 Å². The summed E-state index contributed by atoms with van der Waals surface area (Å²) < 4.78 is 67.3. The number of aromatic nitrogens is 8. The number of aromatic amines is 1. The molecule has 7 rings (SSSR count). The molecule has 0 aromatic carbocycles. The van der Waals surface area contributed by atoms with Gasteiger partial charge in [0.25, 0.3) is 5.56 Å². The first-order valence-corrected chi connectivity index (χ1v) is 16.6. The van der Waals surface area contributed by atoms with Crippen LogP contribution in [0.4, 0.5) is 11.9 Å². The van der Waals surface area contributed by atoms with Gasteiger partial charge in [0.1, 0.15) is 49.1 Å². The molecule has 254 valence electrons. The van der Waals surface area contributed by atoms with Gasteiger partial charge < -0.3 is 35.6 Å². The molecule has 0 radical (unpaired) electrons. The van der Waals surface area contributed by atoms with Crippen molar-refractivity contribution < 1.29 is 56.4 Å². The first-order valence-electron chi connectivity index (χ1n) is 13.6. The van der Waals surface area contributed by atoms with Gasteiger partial charge >= 0.3 is 15.6 Å². The molecule has 0 saturated carbocycles. The lowest BCUT2D eigenvalue weighted by Gasteiger charge is -2.26. The van der Waals surface area contributed by atoms with Crippen LogP contribution in [0.15, 0.2) is 23.6 Å². The van der Waals surface area contributed by atoms with E-state index >= 15 is 0 Å². The molecular formula is C21H27N11O13P2. The summed E-state index contributed by atoms with van der Waals surface area (Å²) in [6.07, 6.45) is -8.58. The summed E-state index contributed by atoms with van der Waals surface area (Å²) in [5.74, 6) is 5.37. The molecule has 10 unspecified atom stereocenters. The molecule has 26 heteroatoms. The number of ether oxygens (including phenoxy) is 2. The Labute approximate surface area is 261 Å². The molecule has 0 amide bonds. The van der Waals surface area contributed by atoms with Crippen LogP contribution in [0.1, 0.15) is 17.9 Å². The molecule has 3 aliphatic heterocycles. The summed E-state index contributed by atoms with van der Waals surface area (Å²) in [7, 11) is -8.28. The molecule has 4 aromatic rings. The molecule has 4 aromatic heterocycles. The molecule has 10 atom stereocenters. The second kappa shape index (κ2) is 11.9. The number of hydrogen-bond donors (Lipinski definition) is 7. The zero-order valence-corrected chi connectivity index (χ0v) is 25.7. The van der Waals surface area contributed by atoms with Gasteiger partial charge in [0.2, 0.25) is 11.9 Å². The van der Waals surface area contributed by atoms with Crippen LogP contribution in [0, 0.1) is 0 Å². The van der Waals surface area contributed by atoms with Crippen LogP contribution in [0.5, 0.6) is 0 Å². The topological polar surface area (TPSA) is 330 Å². The number of nitrogen functional groups attached to an aromatic ring is 1. The Bertz CT molecular complexity index is 1970. The fourth-order valence-corrected chi connectivity index (χ4v) is 7.53. The standard InChI is InChI=1S/C21H27N11O13P2/c1-24-21-26-5-25-16-7(2-28-32(16)21)13-12(34)14-9(41-13)4-40-47(38,45-23)44-15-11(33)8(3-39-46(36,37)43-14)42-19(15)31-6-27-10-17(31)29-20(22)30-18(10)35/h2,5-6,8-9,11-15,19,33-34H,3-4,23H2,1H3,(H,36,37)(H,24,25,26)(H3,22,29,30,35). The number of nitrogens with zero attached hydrogens (tertiary/aromatic N) is 7. The molecule has 3 saturated heterocycles. The summed E-state index contributed by atoms with van der Waals surface area (Å²) in [5.41, 5.74) is 5.20. The fraction of sp³-hybridized carbons (Fsp3) is 0.524. The maximum Gasteiger partial charge on any atom is 0.491 e. The molecule has 24 nitrogen and oxygen atoms in total. The first-order chi connectivity index (χ1) is 22.4. The van der Waals surface area contributed by atoms with Gasteiger partial charge in [-0.05, 0) is 0 Å². The number of hydrogen-bond acceptors (Lipinski definition) is 20. The molecule has 0 aliphatic carbocycles. The minimum absolute atomic E-state index is 0.109. The van der Waals surface area contributed by atoms with E-state index in [0.29, 0.717) is 5.95 Å². The molecule has 47 heavy (non-hydrogen) atoms. The molecule has 9 N–H and O–H groups in total. The third-order valence-corrected chi connectivity index (χ3v) is 9.88. The van der Waals surface area contributed by atoms with Crippen molar-refractivity contribution in [3.63, 3.8) is 0 Å². The number of fused-ring (bicyclic) bond motifs is 5. The van der Waals surface area contributed by atoms with Crippen LogP contribution < -0.4 is 22.5 Å². The van der Waals surface area contributed by atoms with E-state index in [1.54, 1.807) is 7.05 Å². The van der Waals surface area contributed by atoms with Gasteiger partial charge in [-0.3, -0.25) is 32.4 Å². The van der Waals surface area contributed by atoms with E-state index in [2.05, 4.69) is 40.0 Å². The van der Waals surface area contributed by atoms with E-state index in [4.69, 9.17) is 39.2 Å². The lowest BCUT2D eigenvalue weighted by Crippen LogP contribution is -2.36. The Kier molecular flexibility index (Phi) is 8.12. The van der Waals surface area contributed by atoms with Crippen molar-refractivity contribution in [2.24, 2.45) is 5.90 Å². The van der Waals surface area contributed by atoms with Gasteiger partial charge in [0, 0.05) is 12.6 Å². The first kappa shape index (κ1) is 32.1. The molecule has 3 aliphatic rings. The van der Waals surface area contributed by atoms with Gasteiger partial charge in [-0.1, -0.05) is 0 Å². The van der Waals surface area contributed by atoms with E-state index in [0.717, 1.165) is 10.9 Å². The minimum Gasteiger partial charge on any atom is -0.387 e. The Morgan fingerprint density at radius 2 is 1.85 bits per heavy atom. The van der Waals surface area contributed by atoms with E-state index in [9.17, 15) is 29.0 Å². The van der Waals surface area contributed by atoms with E-state index in [1.165, 1.54) is 17.0 Å². The summed E-state index contributed by atoms with van der Waals surface area (Å²) in [4.78, 5) is 41.6. The zero-order valence-electron chi connectivity index (χ0n) is 23.9. The van der Waals surface area contributed by atoms with Crippen LogP contribution >= 0.6 is 15.6 Å². The summed E-state index contributed by atoms with van der Waals surface area (Å²) in [6.45, 7) is -1.56. The average molecular weight is 703 g/mol. The Morgan fingerprint density at radius 3 is 2.62 bits per heavy atom. The van der Waals surface area contributed by atoms with Crippen LogP contribution in [-0.4, -0.2) is 111 Å². The van der Waals surface area contributed by atoms with E-state index in [1.807, 2.05) is 0 Å². The second-order valence-electron chi connectivity index (χ2n) is 10.5. The maximum atomic E-state index is 13.7. The lowest BCUT2D eigenvalue weighted by molar-refractivity contribution is -0.0656. The van der Waals surface area contributed by atoms with Crippen molar-refractivity contribution in [2.45, 2.75) is 49.0 Å². The average Bonchev–Trinajstić information content (AvgIpc) is 3.80. The number of rotatable bonds is 4. The van der Waals surface area contributed by atoms with Crippen molar-refractivity contribution in [1.82, 2.24) is 39.1 Å². The normalized spacial score (nSPS) is 36.5. The largest absolute Gasteiger partial charge is 0.491 e. The Hall–Kier alpha value is -3.48. The number of phosphoric ester groups is 2. The Morgan fingerprint density at radius 1 is 1.06 bits per heavy atom. The quantitative estimate of drug-likeness (QED) is 0.0880. The maximum absolute atomic E-state index is 13.7. The highest BCUT2D eigenvalue weighted by Gasteiger charge is 2.54. The highest BCUT2D eigenvalue weighted by atomic mass is 31.2. The predicted molar refractivity (Wildman–Crippen MR) is 151 cm³/mol. The number of aliphatic hydroxyl groups excluding tert-OH is 2. The van der Waals surface area contributed by atoms with Crippen LogP contribution in [0.25, 0.3) is 16.8 Å². The third kappa shape index (κ3) is 5.61. The number of anilines is 2. The number of imidazole rings is 1. The van der Waals surface area contributed by atoms with Crippen LogP contribution in [0.3, 0.4) is 0 Å². The molecule has 0 spiro atoms. The minimum atomic E-state index is -5.06. The number of nitrogens with two attached hydrogens (primary N) is 2. The number of aliphatic hydroxyl groups is 2. The number of H-pyrrole nitrogens is 1. The van der Waals surface area contributed by atoms with Gasteiger partial charge in [-0.2, -0.15) is 14.6 Å². The van der Waals surface area contributed by atoms with Crippen molar-refractivity contribution in [2.75, 3.05) is 31.3 Å². The van der Waals surface area contributed by atoms with Crippen molar-refractivity contribution in [1.29, 1.82) is 0 Å². The fourth-order valence-electron chi connectivity index (χ4n) is 5.54. The summed E-state index contributed by atoms with van der Waals surface area (Å²) in [6, 6.07) is 0. The van der Waals surface area contributed by atoms with Crippen LogP contribution in [0.2, 0.25) is 0 Å². The molecule has 3 fully saturated rings. The van der Waals surface area contributed by atoms with Crippen molar-refractivity contribution >= 4 is 44.4 Å². The SMILES string of the molecule is CNc1ncnc2c(C3OC4COP(=O)(ON)OC5C(O)C(COP(=O)(O)OC4C3O)OC5n3cnc4c(=O)[nH]c(N)nc43)cnn12. The number of nitrogens with one attached hydrogen (secondary N) is 2. The summed E-state index contributed by atoms with van der Waals surface area (Å²) in [5, 5.41) is 29.4. The predicted octanol–water partition coefficient (Wildman–Crippen LogP) is -2.14. The smallest absolute Gasteiger partial charge is 0.387 e. The summed E-state index contributed by atoms with van der Waals surface area (Å²) >= 11 is 0. The van der Waals surface area contributed by atoms with Crippen molar-refractivity contribution in [3.8, 4) is 0 Å². The lowest BCUT2D eigenvalue weighted by atomic mass is 10.0. The third-order valence-electron chi connectivity index (χ3n) is 7.67. The van der Waals surface area contributed by atoms with E-state index < -0.39 is 83.4 Å². The van der Waals surface area contributed by atoms with E-state index in [-0.39, 0.29) is 28.3 Å². The van der Waals surface area contributed by atoms with Gasteiger partial charge in [-0.15, -0.1) is 0 Å². The number of phosphoric acid groups is 2. The van der Waals surface area contributed by atoms with Crippen LogP contribution in [-0.2, 0) is 41.3 Å². The zero-order chi connectivity index (χ0) is 33.2.